The Morgan fingerprint density at radius 1 is 1.34 bits per heavy atom. The number of hydrogen-bond acceptors (Lipinski definition) is 7. The van der Waals surface area contributed by atoms with E-state index in [0.29, 0.717) is 6.54 Å². The number of benzene rings is 1. The number of carbonyl (C=O) groups is 1. The van der Waals surface area contributed by atoms with Gasteiger partial charge in [0.1, 0.15) is 17.0 Å². The van der Waals surface area contributed by atoms with Crippen LogP contribution in [0, 0.1) is 5.92 Å². The van der Waals surface area contributed by atoms with Crippen LogP contribution in [0.5, 0.6) is 0 Å². The number of thiophene rings is 1. The fourth-order valence-electron chi connectivity index (χ4n) is 4.46. The zero-order valence-electron chi connectivity index (χ0n) is 18.0. The second-order valence-corrected chi connectivity index (χ2v) is 9.42. The number of carbonyl (C=O) groups excluding carboxylic acids is 1. The van der Waals surface area contributed by atoms with Crippen molar-refractivity contribution in [2.75, 3.05) is 25.5 Å². The average Bonchev–Trinajstić information content (AvgIpc) is 3.42. The molecule has 3 N–H and O–H groups in total. The first-order chi connectivity index (χ1) is 15.6. The van der Waals surface area contributed by atoms with Crippen LogP contribution >= 0.6 is 11.3 Å². The monoisotopic (exact) mass is 450 g/mol. The van der Waals surface area contributed by atoms with Crippen LogP contribution in [0.2, 0.25) is 0 Å². The molecule has 1 aromatic carbocycles. The molecule has 3 heterocycles. The molecule has 1 aliphatic rings. The number of aliphatic hydroxyl groups is 1. The van der Waals surface area contributed by atoms with Crippen LogP contribution in [0.4, 0.5) is 11.5 Å². The van der Waals surface area contributed by atoms with Gasteiger partial charge in [-0.05, 0) is 55.9 Å². The number of H-pyrrole nitrogens is 1. The van der Waals surface area contributed by atoms with Crippen molar-refractivity contribution in [3.05, 3.63) is 41.2 Å². The minimum absolute atomic E-state index is 0.00237. The van der Waals surface area contributed by atoms with Crippen molar-refractivity contribution >= 4 is 49.9 Å². The standard InChI is InChI=1S/C23H26N6O2S/c1-29(8-2-3-9-30)23(31)14-4-6-17-19(11-14)32-22-20(17)21(24-13-25-22)27-16-5-7-18-15(10-16)12-26-28-18/h5,7,10,12-14,30H,2-4,6,8-9,11H2,1H3,(H,26,28)(H,24,25,27). The molecule has 0 radical (unpaired) electrons. The van der Waals surface area contributed by atoms with Crippen LogP contribution in [0.1, 0.15) is 29.7 Å². The maximum atomic E-state index is 12.9. The third-order valence-electron chi connectivity index (χ3n) is 6.18. The zero-order chi connectivity index (χ0) is 22.1. The number of aliphatic hydroxyl groups excluding tert-OH is 1. The van der Waals surface area contributed by atoms with Crippen LogP contribution < -0.4 is 5.32 Å². The number of nitrogens with zero attached hydrogens (tertiary/aromatic N) is 4. The second-order valence-electron chi connectivity index (χ2n) is 8.33. The summed E-state index contributed by atoms with van der Waals surface area (Å²) in [4.78, 5) is 26.0. The number of rotatable bonds is 7. The quantitative estimate of drug-likeness (QED) is 0.371. The van der Waals surface area contributed by atoms with Gasteiger partial charge in [0, 0.05) is 42.1 Å². The van der Waals surface area contributed by atoms with Gasteiger partial charge in [-0.2, -0.15) is 5.10 Å². The molecule has 1 unspecified atom stereocenters. The molecule has 3 aromatic heterocycles. The Morgan fingerprint density at radius 3 is 3.12 bits per heavy atom. The van der Waals surface area contributed by atoms with Gasteiger partial charge in [-0.25, -0.2) is 9.97 Å². The molecule has 1 aliphatic carbocycles. The highest BCUT2D eigenvalue weighted by Crippen LogP contribution is 2.40. The first-order valence-electron chi connectivity index (χ1n) is 11.0. The predicted octanol–water partition coefficient (Wildman–Crippen LogP) is 3.65. The van der Waals surface area contributed by atoms with Gasteiger partial charge >= 0.3 is 0 Å². The van der Waals surface area contributed by atoms with Crippen LogP contribution in [0.15, 0.2) is 30.7 Å². The fourth-order valence-corrected chi connectivity index (χ4v) is 5.72. The molecule has 0 aliphatic heterocycles. The van der Waals surface area contributed by atoms with E-state index in [4.69, 9.17) is 5.11 Å². The summed E-state index contributed by atoms with van der Waals surface area (Å²) in [5, 5.41) is 21.6. The molecule has 166 valence electrons. The molecular formula is C23H26N6O2S. The summed E-state index contributed by atoms with van der Waals surface area (Å²) in [6, 6.07) is 6.06. The second kappa shape index (κ2) is 8.84. The fraction of sp³-hybridized carbons (Fsp3) is 0.391. The van der Waals surface area contributed by atoms with Crippen LogP contribution in [-0.4, -0.2) is 56.3 Å². The molecule has 8 nitrogen and oxygen atoms in total. The summed E-state index contributed by atoms with van der Waals surface area (Å²) in [6.07, 6.45) is 7.39. The van der Waals surface area contributed by atoms with Gasteiger partial charge in [0.15, 0.2) is 0 Å². The molecular weight excluding hydrogens is 424 g/mol. The highest BCUT2D eigenvalue weighted by atomic mass is 32.1. The largest absolute Gasteiger partial charge is 0.396 e. The van der Waals surface area contributed by atoms with Gasteiger partial charge in [-0.3, -0.25) is 9.89 Å². The zero-order valence-corrected chi connectivity index (χ0v) is 18.8. The summed E-state index contributed by atoms with van der Waals surface area (Å²) in [5.41, 5.74) is 3.21. The molecule has 1 amide bonds. The highest BCUT2D eigenvalue weighted by molar-refractivity contribution is 7.19. The topological polar surface area (TPSA) is 107 Å². The van der Waals surface area contributed by atoms with Gasteiger partial charge in [0.05, 0.1) is 17.1 Å². The van der Waals surface area contributed by atoms with Gasteiger partial charge < -0.3 is 15.3 Å². The molecule has 0 saturated heterocycles. The SMILES string of the molecule is CN(CCCCO)C(=O)C1CCc2c(sc3ncnc(Nc4ccc5[nH]ncc5c4)c23)C1. The van der Waals surface area contributed by atoms with Crippen molar-refractivity contribution in [2.45, 2.75) is 32.1 Å². The summed E-state index contributed by atoms with van der Waals surface area (Å²) < 4.78 is 0. The third kappa shape index (κ3) is 3.93. The van der Waals surface area contributed by atoms with E-state index in [-0.39, 0.29) is 18.4 Å². The Bertz CT molecular complexity index is 1270. The molecule has 1 atom stereocenters. The first kappa shape index (κ1) is 20.8. The summed E-state index contributed by atoms with van der Waals surface area (Å²) in [6.45, 7) is 0.861. The third-order valence-corrected chi connectivity index (χ3v) is 7.34. The van der Waals surface area contributed by atoms with E-state index in [0.717, 1.165) is 64.7 Å². The Kier molecular flexibility index (Phi) is 5.75. The van der Waals surface area contributed by atoms with E-state index in [1.807, 2.05) is 30.1 Å². The van der Waals surface area contributed by atoms with Gasteiger partial charge in [-0.1, -0.05) is 0 Å². The summed E-state index contributed by atoms with van der Waals surface area (Å²) >= 11 is 1.67. The minimum Gasteiger partial charge on any atom is -0.396 e. The van der Waals surface area contributed by atoms with Crippen LogP contribution in [-0.2, 0) is 17.6 Å². The number of fused-ring (bicyclic) bond motifs is 4. The highest BCUT2D eigenvalue weighted by Gasteiger charge is 2.30. The van der Waals surface area contributed by atoms with E-state index >= 15 is 0 Å². The van der Waals surface area contributed by atoms with Crippen LogP contribution in [0.3, 0.4) is 0 Å². The Labute approximate surface area is 189 Å². The summed E-state index contributed by atoms with van der Waals surface area (Å²) in [7, 11) is 1.87. The van der Waals surface area contributed by atoms with E-state index in [1.54, 1.807) is 23.9 Å². The maximum absolute atomic E-state index is 12.9. The van der Waals surface area contributed by atoms with E-state index < -0.39 is 0 Å². The average molecular weight is 451 g/mol. The van der Waals surface area contributed by atoms with Gasteiger partial charge in [0.2, 0.25) is 5.91 Å². The molecule has 32 heavy (non-hydrogen) atoms. The number of amides is 1. The summed E-state index contributed by atoms with van der Waals surface area (Å²) in [5.74, 6) is 1.01. The number of nitrogens with one attached hydrogen (secondary N) is 2. The minimum atomic E-state index is 0.00237. The van der Waals surface area contributed by atoms with Crippen molar-refractivity contribution in [1.29, 1.82) is 0 Å². The van der Waals surface area contributed by atoms with Crippen LogP contribution in [0.25, 0.3) is 21.1 Å². The molecule has 4 aromatic rings. The van der Waals surface area contributed by atoms with E-state index in [2.05, 4.69) is 25.5 Å². The maximum Gasteiger partial charge on any atom is 0.225 e. The smallest absolute Gasteiger partial charge is 0.225 e. The number of aromatic nitrogens is 4. The molecule has 0 fully saturated rings. The normalized spacial score (nSPS) is 15.8. The lowest BCUT2D eigenvalue weighted by Gasteiger charge is -2.26. The number of aromatic amines is 1. The molecule has 0 spiro atoms. The van der Waals surface area contributed by atoms with Crippen molar-refractivity contribution in [1.82, 2.24) is 25.1 Å². The van der Waals surface area contributed by atoms with Crippen molar-refractivity contribution < 1.29 is 9.90 Å². The predicted molar refractivity (Wildman–Crippen MR) is 126 cm³/mol. The molecule has 0 saturated carbocycles. The van der Waals surface area contributed by atoms with Crippen molar-refractivity contribution in [3.8, 4) is 0 Å². The number of anilines is 2. The van der Waals surface area contributed by atoms with E-state index in [1.165, 1.54) is 10.4 Å². The molecule has 0 bridgehead atoms. The first-order valence-corrected chi connectivity index (χ1v) is 11.8. The lowest BCUT2D eigenvalue weighted by atomic mass is 9.87. The van der Waals surface area contributed by atoms with E-state index in [9.17, 15) is 4.79 Å². The van der Waals surface area contributed by atoms with Crippen molar-refractivity contribution in [2.24, 2.45) is 5.92 Å². The Balaban J connectivity index is 1.38. The number of unbranched alkanes of at least 4 members (excludes halogenated alkanes) is 1. The Morgan fingerprint density at radius 2 is 2.25 bits per heavy atom. The molecule has 5 rings (SSSR count). The number of aryl methyl sites for hydroxylation is 1. The lowest BCUT2D eigenvalue weighted by molar-refractivity contribution is -0.134. The molecule has 9 heteroatoms. The Hall–Kier alpha value is -3.04. The van der Waals surface area contributed by atoms with Gasteiger partial charge in [-0.15, -0.1) is 11.3 Å². The number of hydrogen-bond donors (Lipinski definition) is 3. The lowest BCUT2D eigenvalue weighted by Crippen LogP contribution is -2.36. The van der Waals surface area contributed by atoms with Crippen molar-refractivity contribution in [3.63, 3.8) is 0 Å². The van der Waals surface area contributed by atoms with Gasteiger partial charge in [0.25, 0.3) is 0 Å².